The van der Waals surface area contributed by atoms with Crippen LogP contribution in [0.3, 0.4) is 0 Å². The van der Waals surface area contributed by atoms with Crippen molar-refractivity contribution in [2.75, 3.05) is 4.90 Å². The topological polar surface area (TPSA) is 64.4 Å². The number of carbonyl (C=O) groups is 2. The van der Waals surface area contributed by atoms with Crippen molar-refractivity contribution in [3.63, 3.8) is 0 Å². The van der Waals surface area contributed by atoms with E-state index in [9.17, 15) is 9.59 Å². The number of hydrogen-bond acceptors (Lipinski definition) is 4. The first-order valence-corrected chi connectivity index (χ1v) is 9.23. The first-order chi connectivity index (χ1) is 12.5. The van der Waals surface area contributed by atoms with Gasteiger partial charge in [-0.3, -0.25) is 14.3 Å². The van der Waals surface area contributed by atoms with E-state index >= 15 is 0 Å². The molecule has 2 bridgehead atoms. The molecule has 134 valence electrons. The molecule has 0 unspecified atom stereocenters. The SMILES string of the molecule is Cc1cc(N2C(=O)[C@@H]3[C@@H](C2=O)[C@@H]2CC[C@@H]3O2)nn1Cc1ccccc1Cl. The minimum absolute atomic E-state index is 0.113. The van der Waals surface area contributed by atoms with Crippen LogP contribution in [0.25, 0.3) is 0 Å². The molecule has 0 aliphatic carbocycles. The van der Waals surface area contributed by atoms with Gasteiger partial charge < -0.3 is 4.74 Å². The summed E-state index contributed by atoms with van der Waals surface area (Å²) in [4.78, 5) is 27.0. The highest BCUT2D eigenvalue weighted by atomic mass is 35.5. The number of rotatable bonds is 3. The fourth-order valence-electron chi connectivity index (χ4n) is 4.49. The van der Waals surface area contributed by atoms with Crippen LogP contribution < -0.4 is 4.90 Å². The summed E-state index contributed by atoms with van der Waals surface area (Å²) in [5.74, 6) is -0.618. The Labute approximate surface area is 155 Å². The minimum Gasteiger partial charge on any atom is -0.373 e. The molecule has 0 saturated carbocycles. The second-order valence-electron chi connectivity index (χ2n) is 7.25. The quantitative estimate of drug-likeness (QED) is 0.778. The van der Waals surface area contributed by atoms with Gasteiger partial charge in [0.15, 0.2) is 5.82 Å². The molecular formula is C19H18ClN3O3. The zero-order valence-corrected chi connectivity index (χ0v) is 15.0. The van der Waals surface area contributed by atoms with Gasteiger partial charge in [0.25, 0.3) is 0 Å². The third-order valence-corrected chi connectivity index (χ3v) is 6.13. The van der Waals surface area contributed by atoms with Crippen molar-refractivity contribution in [1.82, 2.24) is 9.78 Å². The lowest BCUT2D eigenvalue weighted by Crippen LogP contribution is -2.34. The van der Waals surface area contributed by atoms with Crippen LogP contribution in [0.15, 0.2) is 30.3 Å². The van der Waals surface area contributed by atoms with Crippen molar-refractivity contribution in [3.05, 3.63) is 46.6 Å². The van der Waals surface area contributed by atoms with Crippen molar-refractivity contribution in [2.45, 2.75) is 38.5 Å². The van der Waals surface area contributed by atoms with Crippen LogP contribution in [-0.2, 0) is 20.9 Å². The Kier molecular flexibility index (Phi) is 3.49. The van der Waals surface area contributed by atoms with Crippen LogP contribution in [0.2, 0.25) is 5.02 Å². The number of ether oxygens (including phenoxy) is 1. The fourth-order valence-corrected chi connectivity index (χ4v) is 4.68. The third kappa shape index (κ3) is 2.18. The van der Waals surface area contributed by atoms with Gasteiger partial charge in [-0.15, -0.1) is 0 Å². The lowest BCUT2D eigenvalue weighted by atomic mass is 9.81. The van der Waals surface area contributed by atoms with E-state index < -0.39 is 0 Å². The number of benzene rings is 1. The molecule has 1 aromatic heterocycles. The van der Waals surface area contributed by atoms with Crippen molar-refractivity contribution in [1.29, 1.82) is 0 Å². The maximum Gasteiger partial charge on any atom is 0.241 e. The van der Waals surface area contributed by atoms with Crippen molar-refractivity contribution >= 4 is 29.2 Å². The van der Waals surface area contributed by atoms with Crippen LogP contribution in [0.1, 0.15) is 24.1 Å². The highest BCUT2D eigenvalue weighted by Gasteiger charge is 2.63. The van der Waals surface area contributed by atoms with E-state index in [1.54, 1.807) is 10.7 Å². The summed E-state index contributed by atoms with van der Waals surface area (Å²) in [5, 5.41) is 5.20. The van der Waals surface area contributed by atoms with Crippen molar-refractivity contribution in [3.8, 4) is 0 Å². The Hall–Kier alpha value is -2.18. The molecule has 3 fully saturated rings. The maximum absolute atomic E-state index is 12.9. The molecule has 5 rings (SSSR count). The van der Waals surface area contributed by atoms with Gasteiger partial charge in [-0.2, -0.15) is 5.10 Å². The summed E-state index contributed by atoms with van der Waals surface area (Å²) in [7, 11) is 0. The maximum atomic E-state index is 12.9. The Balaban J connectivity index is 1.46. The molecule has 1 aromatic carbocycles. The zero-order valence-electron chi connectivity index (χ0n) is 14.3. The number of imide groups is 1. The normalized spacial score (nSPS) is 29.7. The van der Waals surface area contributed by atoms with E-state index in [1.807, 2.05) is 31.2 Å². The number of carbonyl (C=O) groups excluding carboxylic acids is 2. The lowest BCUT2D eigenvalue weighted by molar-refractivity contribution is -0.124. The van der Waals surface area contributed by atoms with Gasteiger partial charge in [-0.05, 0) is 31.4 Å². The Morgan fingerprint density at radius 2 is 1.81 bits per heavy atom. The summed E-state index contributed by atoms with van der Waals surface area (Å²) < 4.78 is 7.55. The summed E-state index contributed by atoms with van der Waals surface area (Å²) in [6.45, 7) is 2.40. The average molecular weight is 372 g/mol. The number of aryl methyl sites for hydroxylation is 1. The number of halogens is 1. The van der Waals surface area contributed by atoms with Gasteiger partial charge in [-0.25, -0.2) is 4.90 Å². The molecule has 3 saturated heterocycles. The first kappa shape index (κ1) is 16.0. The molecule has 0 spiro atoms. The molecule has 3 aliphatic heterocycles. The standard InChI is InChI=1S/C19H18ClN3O3/c1-10-8-15(21-22(10)9-11-4-2-3-5-12(11)20)23-18(24)16-13-6-7-14(26-13)17(16)19(23)25/h2-5,8,13-14,16-17H,6-7,9H2,1H3/t13-,14-,16-,17-/m0/s1. The molecule has 2 amide bonds. The van der Waals surface area contributed by atoms with E-state index in [0.717, 1.165) is 24.1 Å². The van der Waals surface area contributed by atoms with E-state index in [-0.39, 0.29) is 35.9 Å². The first-order valence-electron chi connectivity index (χ1n) is 8.85. The van der Waals surface area contributed by atoms with Crippen LogP contribution in [0.4, 0.5) is 5.82 Å². The Morgan fingerprint density at radius 1 is 1.15 bits per heavy atom. The van der Waals surface area contributed by atoms with E-state index in [1.165, 1.54) is 4.90 Å². The van der Waals surface area contributed by atoms with E-state index in [4.69, 9.17) is 16.3 Å². The predicted octanol–water partition coefficient (Wildman–Crippen LogP) is 2.56. The monoisotopic (exact) mass is 371 g/mol. The smallest absolute Gasteiger partial charge is 0.241 e. The summed E-state index contributed by atoms with van der Waals surface area (Å²) >= 11 is 6.24. The predicted molar refractivity (Wildman–Crippen MR) is 94.9 cm³/mol. The van der Waals surface area contributed by atoms with Gasteiger partial charge >= 0.3 is 0 Å². The van der Waals surface area contributed by atoms with E-state index in [2.05, 4.69) is 5.10 Å². The number of anilines is 1. The van der Waals surface area contributed by atoms with Gasteiger partial charge in [0, 0.05) is 16.8 Å². The second kappa shape index (κ2) is 5.66. The minimum atomic E-state index is -0.338. The molecule has 4 atom stereocenters. The highest BCUT2D eigenvalue weighted by molar-refractivity contribution is 6.31. The third-order valence-electron chi connectivity index (χ3n) is 5.76. The van der Waals surface area contributed by atoms with Gasteiger partial charge in [0.1, 0.15) is 0 Å². The highest BCUT2D eigenvalue weighted by Crippen LogP contribution is 2.49. The Morgan fingerprint density at radius 3 is 2.46 bits per heavy atom. The molecular weight excluding hydrogens is 354 g/mol. The van der Waals surface area contributed by atoms with Gasteiger partial charge in [0.05, 0.1) is 30.6 Å². The van der Waals surface area contributed by atoms with Crippen LogP contribution in [-0.4, -0.2) is 33.8 Å². The van der Waals surface area contributed by atoms with Crippen molar-refractivity contribution in [2.24, 2.45) is 11.8 Å². The number of nitrogens with zero attached hydrogens (tertiary/aromatic N) is 3. The van der Waals surface area contributed by atoms with E-state index in [0.29, 0.717) is 17.4 Å². The van der Waals surface area contributed by atoms with Gasteiger partial charge in [-0.1, -0.05) is 29.8 Å². The summed E-state index contributed by atoms with van der Waals surface area (Å²) in [6.07, 6.45) is 1.49. The molecule has 6 nitrogen and oxygen atoms in total. The molecule has 26 heavy (non-hydrogen) atoms. The summed E-state index contributed by atoms with van der Waals surface area (Å²) in [5.41, 5.74) is 1.81. The molecule has 4 heterocycles. The molecule has 0 N–H and O–H groups in total. The van der Waals surface area contributed by atoms with Crippen LogP contribution in [0, 0.1) is 18.8 Å². The number of amides is 2. The molecule has 3 aliphatic rings. The number of hydrogen-bond donors (Lipinski definition) is 0. The molecule has 7 heteroatoms. The fraction of sp³-hybridized carbons (Fsp3) is 0.421. The second-order valence-corrected chi connectivity index (χ2v) is 7.65. The number of fused-ring (bicyclic) bond motifs is 5. The number of aromatic nitrogens is 2. The van der Waals surface area contributed by atoms with Gasteiger partial charge in [0.2, 0.25) is 11.8 Å². The van der Waals surface area contributed by atoms with Crippen molar-refractivity contribution < 1.29 is 14.3 Å². The van der Waals surface area contributed by atoms with Crippen LogP contribution in [0.5, 0.6) is 0 Å². The summed E-state index contributed by atoms with van der Waals surface area (Å²) in [6, 6.07) is 9.36. The zero-order chi connectivity index (χ0) is 18.0. The average Bonchev–Trinajstić information content (AvgIpc) is 3.35. The lowest BCUT2D eigenvalue weighted by Gasteiger charge is -2.15. The largest absolute Gasteiger partial charge is 0.373 e. The molecule has 2 aromatic rings. The Bertz CT molecular complexity index is 897. The van der Waals surface area contributed by atoms with Crippen LogP contribution >= 0.6 is 11.6 Å². The molecule has 0 radical (unpaired) electrons.